The van der Waals surface area contributed by atoms with Crippen LogP contribution in [0.2, 0.25) is 0 Å². The van der Waals surface area contributed by atoms with Gasteiger partial charge in [-0.25, -0.2) is 57.5 Å². The monoisotopic (exact) mass is 1180 g/mol. The van der Waals surface area contributed by atoms with Gasteiger partial charge in [0.25, 0.3) is 0 Å². The molecule has 0 aliphatic rings. The smallest absolute Gasteiger partial charge is 0.404 e. The average Bonchev–Trinajstić information content (AvgIpc) is 3.68. The molecule has 0 radical (unpaired) electrons. The van der Waals surface area contributed by atoms with Crippen molar-refractivity contribution in [2.75, 3.05) is 66.1 Å². The second kappa shape index (κ2) is 39.9. The van der Waals surface area contributed by atoms with Crippen LogP contribution in [0.1, 0.15) is 64.2 Å². The number of carbonyl (C=O) groups is 12. The van der Waals surface area contributed by atoms with E-state index in [9.17, 15) is 67.7 Å². The van der Waals surface area contributed by atoms with Crippen molar-refractivity contribution in [3.05, 3.63) is 127 Å². The Kier molecular flexibility index (Phi) is 35.5. The van der Waals surface area contributed by atoms with Crippen molar-refractivity contribution in [1.29, 1.82) is 0 Å². The van der Waals surface area contributed by atoms with Crippen LogP contribution in [-0.4, -0.2) is 160 Å². The Morgan fingerprint density at radius 2 is 0.452 bits per heavy atom. The number of amides is 2. The van der Waals surface area contributed by atoms with Crippen molar-refractivity contribution in [3.63, 3.8) is 0 Å². The van der Waals surface area contributed by atoms with Gasteiger partial charge in [0.05, 0.1) is 10.8 Å². The van der Waals surface area contributed by atoms with Crippen molar-refractivity contribution >= 4 is 71.9 Å². The fourth-order valence-electron chi connectivity index (χ4n) is 8.01. The third-order valence-corrected chi connectivity index (χ3v) is 12.6. The maximum absolute atomic E-state index is 12.7. The molecule has 0 aliphatic carbocycles. The fourth-order valence-corrected chi connectivity index (χ4v) is 8.01. The summed E-state index contributed by atoms with van der Waals surface area (Å²) in [6, 6.07) is -2.24. The number of esters is 10. The molecule has 2 amide bonds. The molecule has 0 heterocycles. The van der Waals surface area contributed by atoms with Crippen molar-refractivity contribution < 1.29 is 115 Å². The minimum Gasteiger partial charge on any atom is -0.465 e. The van der Waals surface area contributed by atoms with Crippen LogP contribution in [0.4, 0.5) is 9.59 Å². The van der Waals surface area contributed by atoms with Gasteiger partial charge in [0.2, 0.25) is 0 Å². The predicted octanol–water partition coefficient (Wildman–Crippen LogP) is 5.40. The summed E-state index contributed by atoms with van der Waals surface area (Å²) in [5, 5.41) is 25.2. The molecule has 0 aromatic carbocycles. The summed E-state index contributed by atoms with van der Waals surface area (Å²) in [6.07, 6.45) is 3.65. The highest BCUT2D eigenvalue weighted by Gasteiger charge is 2.45. The zero-order valence-corrected chi connectivity index (χ0v) is 47.0. The second-order valence-electron chi connectivity index (χ2n) is 19.1. The largest absolute Gasteiger partial charge is 0.465 e. The number of carboxylic acid groups (broad SMARTS) is 2. The van der Waals surface area contributed by atoms with Gasteiger partial charge >= 0.3 is 71.9 Å². The Hall–Kier alpha value is -9.36. The molecule has 0 rings (SSSR count). The molecule has 0 saturated heterocycles. The maximum atomic E-state index is 12.7. The van der Waals surface area contributed by atoms with Gasteiger partial charge < -0.3 is 68.2 Å². The molecule has 0 saturated carbocycles. The summed E-state index contributed by atoms with van der Waals surface area (Å²) in [7, 11) is 0. The van der Waals surface area contributed by atoms with Crippen LogP contribution in [0.15, 0.2) is 127 Å². The minimum absolute atomic E-state index is 0.0630. The summed E-state index contributed by atoms with van der Waals surface area (Å²) in [5.74, 6) is -9.41. The van der Waals surface area contributed by atoms with Gasteiger partial charge in [0.1, 0.15) is 66.1 Å². The van der Waals surface area contributed by atoms with E-state index in [2.05, 4.69) is 76.4 Å². The van der Waals surface area contributed by atoms with Gasteiger partial charge in [0.15, 0.2) is 0 Å². The molecule has 84 heavy (non-hydrogen) atoms. The van der Waals surface area contributed by atoms with Gasteiger partial charge in [-0.15, -0.1) is 0 Å². The van der Waals surface area contributed by atoms with E-state index in [-0.39, 0.29) is 64.2 Å². The van der Waals surface area contributed by atoms with Gasteiger partial charge in [-0.3, -0.25) is 0 Å². The minimum atomic E-state index is -1.62. The van der Waals surface area contributed by atoms with E-state index in [0.29, 0.717) is 0 Å². The molecule has 2 unspecified atom stereocenters. The summed E-state index contributed by atoms with van der Waals surface area (Å²) < 4.78 is 54.4. The Labute approximate surface area is 486 Å². The Balaban J connectivity index is 7.85. The van der Waals surface area contributed by atoms with E-state index in [0.717, 1.165) is 60.8 Å². The lowest BCUT2D eigenvalue weighted by molar-refractivity contribution is -0.161. The van der Waals surface area contributed by atoms with Gasteiger partial charge in [-0.2, -0.15) is 0 Å². The van der Waals surface area contributed by atoms with Crippen LogP contribution in [0.5, 0.6) is 0 Å². The van der Waals surface area contributed by atoms with E-state index in [4.69, 9.17) is 47.4 Å². The lowest BCUT2D eigenvalue weighted by atomic mass is 9.72. The van der Waals surface area contributed by atoms with E-state index in [1.807, 2.05) is 0 Å². The fraction of sp³-hybridized carbons (Fsp3) is 0.448. The molecule has 462 valence electrons. The first-order chi connectivity index (χ1) is 39.7. The standard InChI is InChI=1S/C58H76N2O24/c1-11-43(61)75-31-55(32-76-44(62)12-2,25-27-57(35-79-47(65)15-5,36-80-48(66)16-6)37-81-49(67)17-7)29-41(59-53(71)72)23-21-22-24-42(60-54(73)74)30-56(33-77-45(63)13-3,34-78-46(64)14-4)26-28-58(38-82-50(68)18-8,39-83-51(69)19-9)40-84-52(70)20-10/h11-20,41-42,59-60H,1-10,21-40H2,(H,71,72)(H,73,74). The molecule has 0 aromatic heterocycles. The summed E-state index contributed by atoms with van der Waals surface area (Å²) in [4.78, 5) is 151. The molecule has 26 nitrogen and oxygen atoms in total. The van der Waals surface area contributed by atoms with Crippen LogP contribution in [0, 0.1) is 21.7 Å². The quantitative estimate of drug-likeness (QED) is 0.0256. The topological polar surface area (TPSA) is 362 Å². The first-order valence-electron chi connectivity index (χ1n) is 25.7. The normalized spacial score (nSPS) is 11.7. The SMILES string of the molecule is C=CC(=O)OCC(CCC(COC(=O)C=C)(COC(=O)C=C)CC(CCCCC(CC(CCC(COC(=O)C=C)(COC(=O)C=C)COC(=O)C=C)(COC(=O)C=C)COC(=O)C=C)NC(=O)O)NC(=O)O)(COC(=O)C=C)COC(=O)C=C. The third-order valence-electron chi connectivity index (χ3n) is 12.6. The van der Waals surface area contributed by atoms with E-state index in [1.54, 1.807) is 0 Å². The van der Waals surface area contributed by atoms with Gasteiger partial charge in [-0.05, 0) is 51.4 Å². The molecule has 0 aromatic rings. The highest BCUT2D eigenvalue weighted by Crippen LogP contribution is 2.41. The number of nitrogens with one attached hydrogen (secondary N) is 2. The molecule has 2 atom stereocenters. The number of ether oxygens (including phenoxy) is 10. The van der Waals surface area contributed by atoms with Crippen LogP contribution in [-0.2, 0) is 95.3 Å². The van der Waals surface area contributed by atoms with Crippen molar-refractivity contribution in [2.24, 2.45) is 21.7 Å². The highest BCUT2D eigenvalue weighted by molar-refractivity contribution is 5.84. The van der Waals surface area contributed by atoms with Crippen molar-refractivity contribution in [1.82, 2.24) is 10.6 Å². The number of unbranched alkanes of at least 4 members (excludes halogenated alkanes) is 1. The predicted molar refractivity (Wildman–Crippen MR) is 297 cm³/mol. The molecular formula is C58H76N2O24. The summed E-state index contributed by atoms with van der Waals surface area (Å²) in [5.41, 5.74) is -6.44. The lowest BCUT2D eigenvalue weighted by Gasteiger charge is -2.40. The number of hydrogen-bond donors (Lipinski definition) is 4. The average molecular weight is 1190 g/mol. The molecule has 0 spiro atoms. The molecule has 0 bridgehead atoms. The first-order valence-corrected chi connectivity index (χ1v) is 25.7. The highest BCUT2D eigenvalue weighted by atomic mass is 16.6. The Bertz CT molecular complexity index is 2090. The van der Waals surface area contributed by atoms with Gasteiger partial charge in [-0.1, -0.05) is 78.6 Å². The molecule has 26 heteroatoms. The second-order valence-corrected chi connectivity index (χ2v) is 19.1. The summed E-state index contributed by atoms with van der Waals surface area (Å²) >= 11 is 0. The zero-order chi connectivity index (χ0) is 63.8. The molecular weight excluding hydrogens is 1110 g/mol. The molecule has 0 fully saturated rings. The van der Waals surface area contributed by atoms with Crippen molar-refractivity contribution in [3.8, 4) is 0 Å². The van der Waals surface area contributed by atoms with E-state index in [1.165, 1.54) is 0 Å². The number of rotatable bonds is 47. The Morgan fingerprint density at radius 1 is 0.298 bits per heavy atom. The van der Waals surface area contributed by atoms with Crippen LogP contribution >= 0.6 is 0 Å². The van der Waals surface area contributed by atoms with Gasteiger partial charge in [0, 0.05) is 83.7 Å². The number of hydrogen-bond acceptors (Lipinski definition) is 22. The van der Waals surface area contributed by atoms with Crippen LogP contribution in [0.25, 0.3) is 0 Å². The first kappa shape index (κ1) is 74.6. The molecule has 0 aliphatic heterocycles. The van der Waals surface area contributed by atoms with Crippen molar-refractivity contribution in [2.45, 2.75) is 76.3 Å². The summed E-state index contributed by atoms with van der Waals surface area (Å²) in [6.45, 7) is 27.9. The zero-order valence-electron chi connectivity index (χ0n) is 47.0. The Morgan fingerprint density at radius 3 is 0.607 bits per heavy atom. The number of carbonyl (C=O) groups excluding carboxylic acids is 10. The lowest BCUT2D eigenvalue weighted by Crippen LogP contribution is -2.46. The van der Waals surface area contributed by atoms with Crippen LogP contribution in [0.3, 0.4) is 0 Å². The third kappa shape index (κ3) is 31.0. The van der Waals surface area contributed by atoms with E-state index >= 15 is 0 Å². The molecule has 4 N–H and O–H groups in total. The maximum Gasteiger partial charge on any atom is 0.404 e. The van der Waals surface area contributed by atoms with E-state index < -0.39 is 172 Å². The van der Waals surface area contributed by atoms with Crippen LogP contribution < -0.4 is 10.6 Å².